The average Bonchev–Trinajstić information content (AvgIpc) is 2.34. The van der Waals surface area contributed by atoms with Crippen molar-refractivity contribution in [2.24, 2.45) is 0 Å². The number of amides is 1. The van der Waals surface area contributed by atoms with E-state index in [1.165, 1.54) is 0 Å². The molecule has 98 valence electrons. The highest BCUT2D eigenvalue weighted by Crippen LogP contribution is 2.16. The van der Waals surface area contributed by atoms with Crippen LogP contribution in [0.15, 0.2) is 18.2 Å². The normalized spacial score (nSPS) is 10.1. The summed E-state index contributed by atoms with van der Waals surface area (Å²) in [6, 6.07) is 2.79. The van der Waals surface area contributed by atoms with Crippen LogP contribution >= 0.6 is 0 Å². The second-order valence-corrected chi connectivity index (χ2v) is 3.61. The van der Waals surface area contributed by atoms with Crippen molar-refractivity contribution in [1.82, 2.24) is 5.32 Å². The third-order valence-electron chi connectivity index (χ3n) is 2.28. The van der Waals surface area contributed by atoms with Crippen LogP contribution in [0, 0.1) is 15.9 Å². The van der Waals surface area contributed by atoms with Crippen molar-refractivity contribution in [2.75, 3.05) is 13.2 Å². The number of nitro groups is 1. The molecule has 0 saturated heterocycles. The number of carbonyl (C=O) groups is 1. The number of nitrogens with zero attached hydrogens (tertiary/aromatic N) is 1. The van der Waals surface area contributed by atoms with E-state index < -0.39 is 16.6 Å². The molecule has 0 aliphatic heterocycles. The molecule has 0 aliphatic carbocycles. The number of aliphatic hydroxyl groups excluding tert-OH is 1. The van der Waals surface area contributed by atoms with Crippen molar-refractivity contribution in [3.63, 3.8) is 0 Å². The van der Waals surface area contributed by atoms with Gasteiger partial charge in [-0.15, -0.1) is 0 Å². The van der Waals surface area contributed by atoms with Gasteiger partial charge >= 0.3 is 0 Å². The predicted molar refractivity (Wildman–Crippen MR) is 61.7 cm³/mol. The average molecular weight is 256 g/mol. The maximum atomic E-state index is 13.3. The summed E-state index contributed by atoms with van der Waals surface area (Å²) in [7, 11) is 0. The Kier molecular flexibility index (Phi) is 5.19. The lowest BCUT2D eigenvalue weighted by atomic mass is 10.1. The zero-order valence-electron chi connectivity index (χ0n) is 9.56. The largest absolute Gasteiger partial charge is 0.396 e. The smallest absolute Gasteiger partial charge is 0.270 e. The van der Waals surface area contributed by atoms with Gasteiger partial charge in [-0.25, -0.2) is 4.39 Å². The Morgan fingerprint density at radius 3 is 2.78 bits per heavy atom. The first-order valence-corrected chi connectivity index (χ1v) is 5.39. The number of unbranched alkanes of at least 4 members (excludes halogenated alkanes) is 1. The molecule has 0 aliphatic rings. The molecule has 1 rings (SSSR count). The van der Waals surface area contributed by atoms with Gasteiger partial charge in [-0.3, -0.25) is 14.9 Å². The molecule has 1 aromatic rings. The molecule has 1 aromatic carbocycles. The van der Waals surface area contributed by atoms with Gasteiger partial charge in [0.25, 0.3) is 11.6 Å². The zero-order chi connectivity index (χ0) is 13.5. The highest BCUT2D eigenvalue weighted by molar-refractivity contribution is 5.95. The lowest BCUT2D eigenvalue weighted by Crippen LogP contribution is -2.25. The fourth-order valence-corrected chi connectivity index (χ4v) is 1.33. The summed E-state index contributed by atoms with van der Waals surface area (Å²) in [4.78, 5) is 21.4. The Balaban J connectivity index is 2.72. The molecule has 0 atom stereocenters. The van der Waals surface area contributed by atoms with Crippen LogP contribution in [0.3, 0.4) is 0 Å². The molecule has 0 saturated carbocycles. The molecular weight excluding hydrogens is 243 g/mol. The number of hydrogen-bond acceptors (Lipinski definition) is 4. The highest BCUT2D eigenvalue weighted by atomic mass is 19.1. The van der Waals surface area contributed by atoms with E-state index in [1.807, 2.05) is 0 Å². The Morgan fingerprint density at radius 2 is 2.17 bits per heavy atom. The SMILES string of the molecule is O=C(NCCCCO)c1cc([N+](=O)[O-])ccc1F. The van der Waals surface area contributed by atoms with Gasteiger partial charge < -0.3 is 10.4 Å². The summed E-state index contributed by atoms with van der Waals surface area (Å²) in [6.45, 7) is 0.294. The standard InChI is InChI=1S/C11H13FN2O4/c12-10-4-3-8(14(17)18)7-9(10)11(16)13-5-1-2-6-15/h3-4,7,15H,1-2,5-6H2,(H,13,16). The van der Waals surface area contributed by atoms with Crippen LogP contribution in [0.5, 0.6) is 0 Å². The molecule has 0 heterocycles. The maximum absolute atomic E-state index is 13.3. The lowest BCUT2D eigenvalue weighted by molar-refractivity contribution is -0.384. The van der Waals surface area contributed by atoms with E-state index in [2.05, 4.69) is 5.32 Å². The summed E-state index contributed by atoms with van der Waals surface area (Å²) >= 11 is 0. The molecule has 0 bridgehead atoms. The molecule has 0 fully saturated rings. The van der Waals surface area contributed by atoms with Gasteiger partial charge in [0.15, 0.2) is 0 Å². The minimum Gasteiger partial charge on any atom is -0.396 e. The second kappa shape index (κ2) is 6.65. The van der Waals surface area contributed by atoms with E-state index in [4.69, 9.17) is 5.11 Å². The van der Waals surface area contributed by atoms with Gasteiger partial charge in [0.1, 0.15) is 5.82 Å². The zero-order valence-corrected chi connectivity index (χ0v) is 9.56. The first-order valence-electron chi connectivity index (χ1n) is 5.39. The second-order valence-electron chi connectivity index (χ2n) is 3.61. The van der Waals surface area contributed by atoms with Crippen molar-refractivity contribution in [1.29, 1.82) is 0 Å². The number of aliphatic hydroxyl groups is 1. The van der Waals surface area contributed by atoms with Gasteiger partial charge in [-0.05, 0) is 18.9 Å². The maximum Gasteiger partial charge on any atom is 0.270 e. The summed E-state index contributed by atoms with van der Waals surface area (Å²) < 4.78 is 13.3. The molecule has 2 N–H and O–H groups in total. The van der Waals surface area contributed by atoms with Crippen molar-refractivity contribution in [3.05, 3.63) is 39.7 Å². The number of nitro benzene ring substituents is 1. The van der Waals surface area contributed by atoms with Crippen LogP contribution in [-0.2, 0) is 0 Å². The monoisotopic (exact) mass is 256 g/mol. The van der Waals surface area contributed by atoms with Crippen LogP contribution in [0.1, 0.15) is 23.2 Å². The molecule has 18 heavy (non-hydrogen) atoms. The summed E-state index contributed by atoms with van der Waals surface area (Å²) in [5.74, 6) is -1.51. The van der Waals surface area contributed by atoms with Crippen LogP contribution in [0.4, 0.5) is 10.1 Å². The van der Waals surface area contributed by atoms with Crippen LogP contribution in [0.25, 0.3) is 0 Å². The summed E-state index contributed by atoms with van der Waals surface area (Å²) in [5.41, 5.74) is -0.690. The molecule has 1 amide bonds. The van der Waals surface area contributed by atoms with E-state index in [0.29, 0.717) is 12.8 Å². The van der Waals surface area contributed by atoms with Crippen LogP contribution in [-0.4, -0.2) is 29.1 Å². The van der Waals surface area contributed by atoms with Gasteiger partial charge in [-0.2, -0.15) is 0 Å². The molecule has 0 radical (unpaired) electrons. The van der Waals surface area contributed by atoms with Gasteiger partial charge in [-0.1, -0.05) is 0 Å². The molecule has 0 unspecified atom stereocenters. The molecule has 7 heteroatoms. The Labute approximate surface area is 103 Å². The Bertz CT molecular complexity index is 451. The third kappa shape index (κ3) is 3.77. The number of benzene rings is 1. The number of halogens is 1. The first-order chi connectivity index (χ1) is 8.56. The Morgan fingerprint density at radius 1 is 1.44 bits per heavy atom. The molecular formula is C11H13FN2O4. The van der Waals surface area contributed by atoms with Crippen molar-refractivity contribution < 1.29 is 19.2 Å². The minimum atomic E-state index is -0.805. The molecule has 6 nitrogen and oxygen atoms in total. The number of hydrogen-bond donors (Lipinski definition) is 2. The van der Waals surface area contributed by atoms with E-state index in [-0.39, 0.29) is 24.4 Å². The fraction of sp³-hybridized carbons (Fsp3) is 0.364. The van der Waals surface area contributed by atoms with Crippen molar-refractivity contribution in [2.45, 2.75) is 12.8 Å². The predicted octanol–water partition coefficient (Wildman–Crippen LogP) is 1.24. The van der Waals surface area contributed by atoms with Gasteiger partial charge in [0, 0.05) is 25.3 Å². The van der Waals surface area contributed by atoms with E-state index in [9.17, 15) is 19.3 Å². The van der Waals surface area contributed by atoms with Gasteiger partial charge in [0.05, 0.1) is 10.5 Å². The molecule has 0 aromatic heterocycles. The third-order valence-corrected chi connectivity index (χ3v) is 2.28. The number of nitrogens with one attached hydrogen (secondary N) is 1. The number of rotatable bonds is 6. The number of non-ortho nitro benzene ring substituents is 1. The van der Waals surface area contributed by atoms with Crippen LogP contribution in [0.2, 0.25) is 0 Å². The summed E-state index contributed by atoms with van der Waals surface area (Å²) in [5, 5.41) is 21.5. The van der Waals surface area contributed by atoms with Crippen molar-refractivity contribution >= 4 is 11.6 Å². The van der Waals surface area contributed by atoms with E-state index >= 15 is 0 Å². The Hall–Kier alpha value is -2.02. The van der Waals surface area contributed by atoms with E-state index in [1.54, 1.807) is 0 Å². The van der Waals surface area contributed by atoms with E-state index in [0.717, 1.165) is 18.2 Å². The van der Waals surface area contributed by atoms with Gasteiger partial charge in [0.2, 0.25) is 0 Å². The quantitative estimate of drug-likeness (QED) is 0.455. The molecule has 0 spiro atoms. The first kappa shape index (κ1) is 14.0. The van der Waals surface area contributed by atoms with Crippen LogP contribution < -0.4 is 5.32 Å². The lowest BCUT2D eigenvalue weighted by Gasteiger charge is -2.05. The number of carbonyl (C=O) groups excluding carboxylic acids is 1. The minimum absolute atomic E-state index is 0.0149. The highest BCUT2D eigenvalue weighted by Gasteiger charge is 2.16. The fourth-order valence-electron chi connectivity index (χ4n) is 1.33. The van der Waals surface area contributed by atoms with Crippen molar-refractivity contribution in [3.8, 4) is 0 Å². The summed E-state index contributed by atoms with van der Waals surface area (Å²) in [6.07, 6.45) is 1.08. The topological polar surface area (TPSA) is 92.5 Å².